The lowest BCUT2D eigenvalue weighted by Crippen LogP contribution is -2.52. The standard InChI is InChI=1S/C17H23NO6/c1-12(24-10-13-4-3-5-15(8-13)22-2)17(21)18-6-7-23-11-14(18)9-16(19)20/h3-5,8,12,14H,6-7,9-11H2,1-2H3,(H,19,20). The molecule has 1 amide bonds. The molecule has 0 aliphatic carbocycles. The number of ether oxygens (including phenoxy) is 3. The van der Waals surface area contributed by atoms with E-state index >= 15 is 0 Å². The Morgan fingerprint density at radius 1 is 1.46 bits per heavy atom. The molecule has 7 nitrogen and oxygen atoms in total. The van der Waals surface area contributed by atoms with E-state index in [0.29, 0.717) is 13.2 Å². The quantitative estimate of drug-likeness (QED) is 0.807. The van der Waals surface area contributed by atoms with Crippen molar-refractivity contribution in [2.75, 3.05) is 26.9 Å². The molecule has 0 saturated carbocycles. The second-order valence-electron chi connectivity index (χ2n) is 5.66. The number of hydrogen-bond acceptors (Lipinski definition) is 5. The predicted molar refractivity (Wildman–Crippen MR) is 85.8 cm³/mol. The molecule has 1 aliphatic rings. The van der Waals surface area contributed by atoms with Gasteiger partial charge in [-0.2, -0.15) is 0 Å². The van der Waals surface area contributed by atoms with Gasteiger partial charge in [0.05, 0.1) is 39.4 Å². The zero-order chi connectivity index (χ0) is 17.5. The SMILES string of the molecule is COc1cccc(COC(C)C(=O)N2CCOCC2CC(=O)O)c1. The normalized spacial score (nSPS) is 18.9. The first-order valence-electron chi connectivity index (χ1n) is 7.85. The van der Waals surface area contributed by atoms with Gasteiger partial charge in [0.1, 0.15) is 11.9 Å². The highest BCUT2D eigenvalue weighted by Gasteiger charge is 2.32. The molecule has 0 bridgehead atoms. The van der Waals surface area contributed by atoms with Crippen molar-refractivity contribution in [1.29, 1.82) is 0 Å². The van der Waals surface area contributed by atoms with Crippen LogP contribution in [-0.4, -0.2) is 60.9 Å². The summed E-state index contributed by atoms with van der Waals surface area (Å²) >= 11 is 0. The van der Waals surface area contributed by atoms with E-state index in [-0.39, 0.29) is 25.5 Å². The average Bonchev–Trinajstić information content (AvgIpc) is 2.59. The van der Waals surface area contributed by atoms with Gasteiger partial charge < -0.3 is 24.2 Å². The van der Waals surface area contributed by atoms with Gasteiger partial charge in [-0.1, -0.05) is 12.1 Å². The first-order valence-corrected chi connectivity index (χ1v) is 7.85. The van der Waals surface area contributed by atoms with Crippen LogP contribution in [0, 0.1) is 0 Å². The van der Waals surface area contributed by atoms with Crippen LogP contribution in [0.5, 0.6) is 5.75 Å². The number of nitrogens with zero attached hydrogens (tertiary/aromatic N) is 1. The Balaban J connectivity index is 1.93. The Morgan fingerprint density at radius 2 is 2.25 bits per heavy atom. The Labute approximate surface area is 141 Å². The average molecular weight is 337 g/mol. The summed E-state index contributed by atoms with van der Waals surface area (Å²) in [6.45, 7) is 2.97. The fraction of sp³-hybridized carbons (Fsp3) is 0.529. The molecule has 1 fully saturated rings. The molecule has 132 valence electrons. The number of carboxylic acids is 1. The van der Waals surface area contributed by atoms with Crippen LogP contribution in [-0.2, 0) is 25.7 Å². The van der Waals surface area contributed by atoms with Crippen LogP contribution < -0.4 is 4.74 Å². The second kappa shape index (κ2) is 8.65. The van der Waals surface area contributed by atoms with Crippen LogP contribution in [0.4, 0.5) is 0 Å². The van der Waals surface area contributed by atoms with Gasteiger partial charge >= 0.3 is 5.97 Å². The summed E-state index contributed by atoms with van der Waals surface area (Å²) in [4.78, 5) is 25.1. The maximum absolute atomic E-state index is 12.6. The summed E-state index contributed by atoms with van der Waals surface area (Å²) in [5.41, 5.74) is 0.901. The number of carbonyl (C=O) groups excluding carboxylic acids is 1. The van der Waals surface area contributed by atoms with Crippen molar-refractivity contribution >= 4 is 11.9 Å². The highest BCUT2D eigenvalue weighted by molar-refractivity contribution is 5.81. The molecule has 2 unspecified atom stereocenters. The number of rotatable bonds is 7. The first kappa shape index (κ1) is 18.2. The Kier molecular flexibility index (Phi) is 6.57. The highest BCUT2D eigenvalue weighted by Crippen LogP contribution is 2.16. The third-order valence-corrected chi connectivity index (χ3v) is 3.90. The Bertz CT molecular complexity index is 576. The van der Waals surface area contributed by atoms with Crippen LogP contribution >= 0.6 is 0 Å². The van der Waals surface area contributed by atoms with Crippen LogP contribution in [0.2, 0.25) is 0 Å². The topological polar surface area (TPSA) is 85.3 Å². The second-order valence-corrected chi connectivity index (χ2v) is 5.66. The number of benzene rings is 1. The molecule has 0 spiro atoms. The van der Waals surface area contributed by atoms with E-state index in [1.165, 1.54) is 0 Å². The lowest BCUT2D eigenvalue weighted by molar-refractivity contribution is -0.155. The van der Waals surface area contributed by atoms with Crippen molar-refractivity contribution < 1.29 is 28.9 Å². The third kappa shape index (κ3) is 4.94. The van der Waals surface area contributed by atoms with E-state index in [1.807, 2.05) is 24.3 Å². The molecule has 1 aromatic rings. The van der Waals surface area contributed by atoms with Crippen LogP contribution in [0.1, 0.15) is 18.9 Å². The Morgan fingerprint density at radius 3 is 2.96 bits per heavy atom. The van der Waals surface area contributed by atoms with Crippen LogP contribution in [0.3, 0.4) is 0 Å². The van der Waals surface area contributed by atoms with Crippen molar-refractivity contribution in [2.24, 2.45) is 0 Å². The van der Waals surface area contributed by atoms with E-state index in [9.17, 15) is 9.59 Å². The minimum absolute atomic E-state index is 0.131. The van der Waals surface area contributed by atoms with Crippen LogP contribution in [0.15, 0.2) is 24.3 Å². The van der Waals surface area contributed by atoms with Gasteiger partial charge in [-0.3, -0.25) is 9.59 Å². The number of carboxylic acid groups (broad SMARTS) is 1. The molecule has 1 heterocycles. The van der Waals surface area contributed by atoms with E-state index in [4.69, 9.17) is 19.3 Å². The van der Waals surface area contributed by atoms with Gasteiger partial charge in [0.2, 0.25) is 0 Å². The number of methoxy groups -OCH3 is 1. The number of hydrogen-bond donors (Lipinski definition) is 1. The van der Waals surface area contributed by atoms with E-state index in [0.717, 1.165) is 11.3 Å². The van der Waals surface area contributed by atoms with Crippen molar-refractivity contribution in [1.82, 2.24) is 4.90 Å². The van der Waals surface area contributed by atoms with Crippen molar-refractivity contribution in [2.45, 2.75) is 32.1 Å². The molecule has 2 atom stereocenters. The van der Waals surface area contributed by atoms with Crippen molar-refractivity contribution in [3.63, 3.8) is 0 Å². The minimum atomic E-state index is -0.951. The Hall–Kier alpha value is -2.12. The lowest BCUT2D eigenvalue weighted by Gasteiger charge is -2.36. The molecule has 1 aliphatic heterocycles. The lowest BCUT2D eigenvalue weighted by atomic mass is 10.1. The maximum Gasteiger partial charge on any atom is 0.305 e. The van der Waals surface area contributed by atoms with Gasteiger partial charge in [0, 0.05) is 6.54 Å². The molecule has 2 rings (SSSR count). The largest absolute Gasteiger partial charge is 0.497 e. The molecular formula is C17H23NO6. The fourth-order valence-corrected chi connectivity index (χ4v) is 2.60. The predicted octanol–water partition coefficient (Wildman–Crippen LogP) is 1.30. The molecule has 7 heteroatoms. The summed E-state index contributed by atoms with van der Waals surface area (Å²) in [6.07, 6.45) is -0.792. The number of morpholine rings is 1. The molecule has 1 saturated heterocycles. The number of amides is 1. The van der Waals surface area contributed by atoms with Gasteiger partial charge in [0.15, 0.2) is 0 Å². The molecule has 0 radical (unpaired) electrons. The van der Waals surface area contributed by atoms with E-state index in [2.05, 4.69) is 0 Å². The molecule has 1 N–H and O–H groups in total. The number of carbonyl (C=O) groups is 2. The first-order chi connectivity index (χ1) is 11.5. The minimum Gasteiger partial charge on any atom is -0.497 e. The van der Waals surface area contributed by atoms with E-state index in [1.54, 1.807) is 18.9 Å². The smallest absolute Gasteiger partial charge is 0.305 e. The zero-order valence-electron chi connectivity index (χ0n) is 13.9. The van der Waals surface area contributed by atoms with Gasteiger partial charge in [0.25, 0.3) is 5.91 Å². The highest BCUT2D eigenvalue weighted by atomic mass is 16.5. The summed E-state index contributed by atoms with van der Waals surface area (Å²) < 4.78 is 16.1. The summed E-state index contributed by atoms with van der Waals surface area (Å²) in [7, 11) is 1.59. The van der Waals surface area contributed by atoms with Gasteiger partial charge in [-0.25, -0.2) is 0 Å². The van der Waals surface area contributed by atoms with Crippen molar-refractivity contribution in [3.8, 4) is 5.75 Å². The monoisotopic (exact) mass is 337 g/mol. The van der Waals surface area contributed by atoms with Gasteiger partial charge in [-0.05, 0) is 24.6 Å². The molecule has 0 aromatic heterocycles. The maximum atomic E-state index is 12.6. The number of aliphatic carboxylic acids is 1. The molecular weight excluding hydrogens is 314 g/mol. The summed E-state index contributed by atoms with van der Waals surface area (Å²) in [5.74, 6) is -0.439. The summed E-state index contributed by atoms with van der Waals surface area (Å²) in [6, 6.07) is 6.98. The molecule has 24 heavy (non-hydrogen) atoms. The zero-order valence-corrected chi connectivity index (χ0v) is 13.9. The third-order valence-electron chi connectivity index (χ3n) is 3.90. The van der Waals surface area contributed by atoms with Crippen molar-refractivity contribution in [3.05, 3.63) is 29.8 Å². The molecule has 1 aromatic carbocycles. The fourth-order valence-electron chi connectivity index (χ4n) is 2.60. The van der Waals surface area contributed by atoms with E-state index < -0.39 is 18.1 Å². The van der Waals surface area contributed by atoms with Crippen LogP contribution in [0.25, 0.3) is 0 Å². The summed E-state index contributed by atoms with van der Waals surface area (Å²) in [5, 5.41) is 8.97. The van der Waals surface area contributed by atoms with Gasteiger partial charge in [-0.15, -0.1) is 0 Å².